The van der Waals surface area contributed by atoms with Crippen molar-refractivity contribution in [2.24, 2.45) is 0 Å². The zero-order valence-electron chi connectivity index (χ0n) is 10.6. The number of hydrogen-bond donors (Lipinski definition) is 2. The van der Waals surface area contributed by atoms with Gasteiger partial charge in [-0.05, 0) is 30.3 Å². The van der Waals surface area contributed by atoms with Crippen LogP contribution in [-0.2, 0) is 0 Å². The molecule has 3 nitrogen and oxygen atoms in total. The van der Waals surface area contributed by atoms with Crippen LogP contribution < -0.4 is 5.32 Å². The summed E-state index contributed by atoms with van der Waals surface area (Å²) in [6.45, 7) is -0.322. The first-order chi connectivity index (χ1) is 9.70. The molecule has 0 fully saturated rings. The molecule has 0 heterocycles. The van der Waals surface area contributed by atoms with Crippen LogP contribution in [0.2, 0.25) is 0 Å². The van der Waals surface area contributed by atoms with Crippen LogP contribution in [0.3, 0.4) is 0 Å². The van der Waals surface area contributed by atoms with Crippen molar-refractivity contribution in [3.05, 3.63) is 65.5 Å². The number of para-hydroxylation sites is 1. The fourth-order valence-electron chi connectivity index (χ4n) is 1.67. The maximum Gasteiger partial charge on any atom is 0.257 e. The first kappa shape index (κ1) is 13.8. The summed E-state index contributed by atoms with van der Waals surface area (Å²) < 4.78 is 13.3. The van der Waals surface area contributed by atoms with Gasteiger partial charge in [-0.1, -0.05) is 30.0 Å². The van der Waals surface area contributed by atoms with Crippen LogP contribution in [0.4, 0.5) is 10.1 Å². The number of amides is 1. The Morgan fingerprint density at radius 1 is 1.20 bits per heavy atom. The van der Waals surface area contributed by atoms with Crippen LogP contribution in [0.25, 0.3) is 0 Å². The molecule has 0 aliphatic heterocycles. The summed E-state index contributed by atoms with van der Waals surface area (Å²) in [6, 6.07) is 12.6. The Morgan fingerprint density at radius 3 is 2.65 bits per heavy atom. The highest BCUT2D eigenvalue weighted by atomic mass is 19.1. The van der Waals surface area contributed by atoms with Gasteiger partial charge in [0.1, 0.15) is 12.4 Å². The smallest absolute Gasteiger partial charge is 0.257 e. The van der Waals surface area contributed by atoms with Gasteiger partial charge in [-0.25, -0.2) is 4.39 Å². The van der Waals surface area contributed by atoms with E-state index in [9.17, 15) is 9.18 Å². The molecule has 100 valence electrons. The van der Waals surface area contributed by atoms with Gasteiger partial charge in [0.05, 0.1) is 5.56 Å². The molecule has 0 spiro atoms. The largest absolute Gasteiger partial charge is 0.384 e. The third kappa shape index (κ3) is 3.44. The molecule has 0 saturated heterocycles. The average Bonchev–Trinajstić information content (AvgIpc) is 2.47. The Morgan fingerprint density at radius 2 is 1.95 bits per heavy atom. The number of carbonyl (C=O) groups excluding carboxylic acids is 1. The van der Waals surface area contributed by atoms with Gasteiger partial charge in [0.25, 0.3) is 5.91 Å². The van der Waals surface area contributed by atoms with Crippen LogP contribution in [0.1, 0.15) is 15.9 Å². The maximum atomic E-state index is 13.3. The Hall–Kier alpha value is -2.64. The first-order valence-electron chi connectivity index (χ1n) is 5.96. The quantitative estimate of drug-likeness (QED) is 0.823. The van der Waals surface area contributed by atoms with E-state index in [4.69, 9.17) is 5.11 Å². The van der Waals surface area contributed by atoms with Gasteiger partial charge in [-0.15, -0.1) is 0 Å². The van der Waals surface area contributed by atoms with E-state index >= 15 is 0 Å². The van der Waals surface area contributed by atoms with Crippen molar-refractivity contribution in [2.75, 3.05) is 11.9 Å². The topological polar surface area (TPSA) is 49.3 Å². The summed E-state index contributed by atoms with van der Waals surface area (Å²) >= 11 is 0. The third-order valence-electron chi connectivity index (χ3n) is 2.56. The number of carbonyl (C=O) groups is 1. The van der Waals surface area contributed by atoms with E-state index in [0.717, 1.165) is 6.07 Å². The lowest BCUT2D eigenvalue weighted by Crippen LogP contribution is -2.13. The second kappa shape index (κ2) is 6.50. The molecule has 1 amide bonds. The summed E-state index contributed by atoms with van der Waals surface area (Å²) in [7, 11) is 0. The first-order valence-corrected chi connectivity index (χ1v) is 5.96. The third-order valence-corrected chi connectivity index (χ3v) is 2.56. The maximum absolute atomic E-state index is 13.3. The van der Waals surface area contributed by atoms with E-state index in [-0.39, 0.29) is 12.2 Å². The number of aliphatic hydroxyl groups is 1. The number of aliphatic hydroxyl groups excluding tert-OH is 1. The lowest BCUT2D eigenvalue weighted by molar-refractivity contribution is 0.102. The van der Waals surface area contributed by atoms with E-state index in [2.05, 4.69) is 17.2 Å². The SMILES string of the molecule is O=C(Nc1ccccc1)c1cc(F)ccc1C#CCO. The minimum absolute atomic E-state index is 0.134. The molecule has 0 radical (unpaired) electrons. The Bertz CT molecular complexity index is 672. The molecule has 0 saturated carbocycles. The van der Waals surface area contributed by atoms with E-state index in [1.54, 1.807) is 24.3 Å². The molecule has 0 aliphatic carbocycles. The van der Waals surface area contributed by atoms with E-state index in [1.165, 1.54) is 12.1 Å². The number of hydrogen-bond acceptors (Lipinski definition) is 2. The molecule has 4 heteroatoms. The van der Waals surface area contributed by atoms with Gasteiger partial charge >= 0.3 is 0 Å². The monoisotopic (exact) mass is 269 g/mol. The van der Waals surface area contributed by atoms with E-state index < -0.39 is 11.7 Å². The number of anilines is 1. The Balaban J connectivity index is 2.31. The average molecular weight is 269 g/mol. The number of benzene rings is 2. The molecule has 2 aromatic rings. The summed E-state index contributed by atoms with van der Waals surface area (Å²) in [6.07, 6.45) is 0. The summed E-state index contributed by atoms with van der Waals surface area (Å²) in [5, 5.41) is 11.4. The predicted molar refractivity (Wildman–Crippen MR) is 74.8 cm³/mol. The zero-order valence-corrected chi connectivity index (χ0v) is 10.6. The summed E-state index contributed by atoms with van der Waals surface area (Å²) in [5.74, 6) is 4.11. The summed E-state index contributed by atoms with van der Waals surface area (Å²) in [5.41, 5.74) is 1.12. The second-order valence-corrected chi connectivity index (χ2v) is 3.97. The highest BCUT2D eigenvalue weighted by Gasteiger charge is 2.11. The Kier molecular flexibility index (Phi) is 4.48. The fourth-order valence-corrected chi connectivity index (χ4v) is 1.67. The van der Waals surface area contributed by atoms with Crippen molar-refractivity contribution < 1.29 is 14.3 Å². The molecule has 0 unspecified atom stereocenters. The van der Waals surface area contributed by atoms with Crippen molar-refractivity contribution in [3.63, 3.8) is 0 Å². The van der Waals surface area contributed by atoms with E-state index in [1.807, 2.05) is 6.07 Å². The fraction of sp³-hybridized carbons (Fsp3) is 0.0625. The molecular weight excluding hydrogens is 257 g/mol. The second-order valence-electron chi connectivity index (χ2n) is 3.97. The molecule has 0 bridgehead atoms. The molecule has 20 heavy (non-hydrogen) atoms. The molecule has 2 rings (SSSR count). The summed E-state index contributed by atoms with van der Waals surface area (Å²) in [4.78, 5) is 12.1. The van der Waals surface area contributed by atoms with Crippen molar-refractivity contribution in [1.82, 2.24) is 0 Å². The number of nitrogens with one attached hydrogen (secondary N) is 1. The van der Waals surface area contributed by atoms with Crippen molar-refractivity contribution in [1.29, 1.82) is 0 Å². The van der Waals surface area contributed by atoms with Crippen LogP contribution in [-0.4, -0.2) is 17.6 Å². The Labute approximate surface area is 116 Å². The van der Waals surface area contributed by atoms with E-state index in [0.29, 0.717) is 11.3 Å². The van der Waals surface area contributed by atoms with Crippen LogP contribution in [0, 0.1) is 17.7 Å². The minimum atomic E-state index is -0.516. The van der Waals surface area contributed by atoms with Gasteiger partial charge in [0.2, 0.25) is 0 Å². The van der Waals surface area contributed by atoms with Gasteiger partial charge < -0.3 is 10.4 Å². The highest BCUT2D eigenvalue weighted by molar-refractivity contribution is 6.06. The van der Waals surface area contributed by atoms with Crippen molar-refractivity contribution in [3.8, 4) is 11.8 Å². The molecular formula is C16H12FNO2. The molecule has 0 aromatic heterocycles. The zero-order chi connectivity index (χ0) is 14.4. The molecule has 0 aliphatic rings. The van der Waals surface area contributed by atoms with Gasteiger partial charge in [0, 0.05) is 11.3 Å². The van der Waals surface area contributed by atoms with Gasteiger partial charge in [0.15, 0.2) is 0 Å². The predicted octanol–water partition coefficient (Wildman–Crippen LogP) is 2.42. The van der Waals surface area contributed by atoms with Gasteiger partial charge in [-0.3, -0.25) is 4.79 Å². The van der Waals surface area contributed by atoms with Crippen molar-refractivity contribution in [2.45, 2.75) is 0 Å². The lowest BCUT2D eigenvalue weighted by Gasteiger charge is -2.07. The standard InChI is InChI=1S/C16H12FNO2/c17-13-9-8-12(5-4-10-19)15(11-13)16(20)18-14-6-2-1-3-7-14/h1-3,6-9,11,19H,10H2,(H,18,20). The number of halogens is 1. The van der Waals surface area contributed by atoms with Crippen LogP contribution in [0.5, 0.6) is 0 Å². The molecule has 2 N–H and O–H groups in total. The minimum Gasteiger partial charge on any atom is -0.384 e. The highest BCUT2D eigenvalue weighted by Crippen LogP contribution is 2.14. The van der Waals surface area contributed by atoms with Crippen LogP contribution >= 0.6 is 0 Å². The van der Waals surface area contributed by atoms with Gasteiger partial charge in [-0.2, -0.15) is 0 Å². The van der Waals surface area contributed by atoms with Crippen molar-refractivity contribution >= 4 is 11.6 Å². The number of rotatable bonds is 2. The van der Waals surface area contributed by atoms with Crippen LogP contribution in [0.15, 0.2) is 48.5 Å². The lowest BCUT2D eigenvalue weighted by atomic mass is 10.1. The molecule has 2 aromatic carbocycles. The molecule has 0 atom stereocenters. The normalized spacial score (nSPS) is 9.50.